The van der Waals surface area contributed by atoms with Gasteiger partial charge < -0.3 is 10.1 Å². The number of fused-ring (bicyclic) bond motifs is 1. The van der Waals surface area contributed by atoms with E-state index in [2.05, 4.69) is 39.0 Å². The SMILES string of the molecule is COc1nc2sccn2c1CNCC(C)N(C)C1CC1. The second-order valence-corrected chi connectivity index (χ2v) is 6.37. The fourth-order valence-corrected chi connectivity index (χ4v) is 3.25. The van der Waals surface area contributed by atoms with Crippen molar-refractivity contribution >= 4 is 16.3 Å². The van der Waals surface area contributed by atoms with Crippen LogP contribution in [0, 0.1) is 0 Å². The second kappa shape index (κ2) is 5.71. The molecule has 110 valence electrons. The number of hydrogen-bond donors (Lipinski definition) is 1. The molecule has 3 rings (SSSR count). The van der Waals surface area contributed by atoms with E-state index in [9.17, 15) is 0 Å². The summed E-state index contributed by atoms with van der Waals surface area (Å²) in [5.41, 5.74) is 1.10. The first kappa shape index (κ1) is 13.9. The predicted molar refractivity (Wildman–Crippen MR) is 81.6 cm³/mol. The Morgan fingerprint density at radius 2 is 2.40 bits per heavy atom. The van der Waals surface area contributed by atoms with Crippen molar-refractivity contribution < 1.29 is 4.74 Å². The summed E-state index contributed by atoms with van der Waals surface area (Å²) in [4.78, 5) is 7.93. The first-order valence-corrected chi connectivity index (χ1v) is 7.99. The van der Waals surface area contributed by atoms with E-state index >= 15 is 0 Å². The van der Waals surface area contributed by atoms with E-state index in [0.29, 0.717) is 6.04 Å². The molecule has 20 heavy (non-hydrogen) atoms. The third kappa shape index (κ3) is 2.68. The van der Waals surface area contributed by atoms with E-state index in [1.165, 1.54) is 12.8 Å². The molecule has 1 N–H and O–H groups in total. The van der Waals surface area contributed by atoms with Crippen LogP contribution in [0.15, 0.2) is 11.6 Å². The minimum absolute atomic E-state index is 0.555. The summed E-state index contributed by atoms with van der Waals surface area (Å²) >= 11 is 1.63. The van der Waals surface area contributed by atoms with Gasteiger partial charge in [0.2, 0.25) is 5.88 Å². The molecule has 0 bridgehead atoms. The van der Waals surface area contributed by atoms with Crippen LogP contribution in [-0.2, 0) is 6.54 Å². The van der Waals surface area contributed by atoms with E-state index in [1.54, 1.807) is 18.4 Å². The first-order chi connectivity index (χ1) is 9.70. The van der Waals surface area contributed by atoms with Crippen molar-refractivity contribution in [2.75, 3.05) is 20.7 Å². The van der Waals surface area contributed by atoms with Gasteiger partial charge in [0, 0.05) is 36.8 Å². The molecule has 2 heterocycles. The van der Waals surface area contributed by atoms with Crippen molar-refractivity contribution in [2.45, 2.75) is 38.4 Å². The van der Waals surface area contributed by atoms with Crippen molar-refractivity contribution in [1.29, 1.82) is 0 Å². The number of nitrogens with zero attached hydrogens (tertiary/aromatic N) is 3. The first-order valence-electron chi connectivity index (χ1n) is 7.11. The van der Waals surface area contributed by atoms with Gasteiger partial charge in [-0.1, -0.05) is 0 Å². The van der Waals surface area contributed by atoms with Gasteiger partial charge in [-0.15, -0.1) is 11.3 Å². The smallest absolute Gasteiger partial charge is 0.237 e. The summed E-state index contributed by atoms with van der Waals surface area (Å²) in [6.07, 6.45) is 4.76. The van der Waals surface area contributed by atoms with Crippen LogP contribution in [0.4, 0.5) is 0 Å². The standard InChI is InChI=1S/C14H22N4OS/c1-10(17(2)11-4-5-11)8-15-9-12-13(19-3)16-14-18(12)6-7-20-14/h6-7,10-11,15H,4-5,8-9H2,1-3H3. The monoisotopic (exact) mass is 294 g/mol. The molecular weight excluding hydrogens is 272 g/mol. The molecule has 1 saturated carbocycles. The van der Waals surface area contributed by atoms with Gasteiger partial charge in [-0.25, -0.2) is 0 Å². The second-order valence-electron chi connectivity index (χ2n) is 5.50. The molecule has 1 aliphatic rings. The van der Waals surface area contributed by atoms with Crippen molar-refractivity contribution in [1.82, 2.24) is 19.6 Å². The number of aromatic nitrogens is 2. The Morgan fingerprint density at radius 3 is 3.10 bits per heavy atom. The van der Waals surface area contributed by atoms with E-state index in [-0.39, 0.29) is 0 Å². The number of rotatable bonds is 7. The van der Waals surface area contributed by atoms with Crippen LogP contribution in [0.3, 0.4) is 0 Å². The van der Waals surface area contributed by atoms with Gasteiger partial charge in [-0.3, -0.25) is 9.30 Å². The van der Waals surface area contributed by atoms with E-state index in [0.717, 1.165) is 35.7 Å². The van der Waals surface area contributed by atoms with Gasteiger partial charge in [0.25, 0.3) is 0 Å². The minimum atomic E-state index is 0.555. The van der Waals surface area contributed by atoms with Gasteiger partial charge in [0.05, 0.1) is 7.11 Å². The quantitative estimate of drug-likeness (QED) is 0.848. The summed E-state index contributed by atoms with van der Waals surface area (Å²) in [7, 11) is 3.90. The highest BCUT2D eigenvalue weighted by Crippen LogP contribution is 2.27. The van der Waals surface area contributed by atoms with Crippen molar-refractivity contribution in [3.05, 3.63) is 17.3 Å². The number of nitrogens with one attached hydrogen (secondary N) is 1. The lowest BCUT2D eigenvalue weighted by atomic mass is 10.3. The molecule has 2 aromatic rings. The molecule has 0 radical (unpaired) electrons. The Morgan fingerprint density at radius 1 is 1.60 bits per heavy atom. The average Bonchev–Trinajstić information content (AvgIpc) is 3.10. The zero-order valence-electron chi connectivity index (χ0n) is 12.3. The van der Waals surface area contributed by atoms with E-state index in [4.69, 9.17) is 4.74 Å². The lowest BCUT2D eigenvalue weighted by Gasteiger charge is -2.24. The number of hydrogen-bond acceptors (Lipinski definition) is 5. The largest absolute Gasteiger partial charge is 0.480 e. The summed E-state index contributed by atoms with van der Waals surface area (Å²) < 4.78 is 7.47. The van der Waals surface area contributed by atoms with E-state index < -0.39 is 0 Å². The highest BCUT2D eigenvalue weighted by Gasteiger charge is 2.28. The molecular formula is C14H22N4OS. The van der Waals surface area contributed by atoms with Crippen molar-refractivity contribution in [3.8, 4) is 5.88 Å². The van der Waals surface area contributed by atoms with Crippen molar-refractivity contribution in [3.63, 3.8) is 0 Å². The number of likely N-dealkylation sites (N-methyl/N-ethyl adjacent to an activating group) is 1. The van der Waals surface area contributed by atoms with Crippen LogP contribution in [-0.4, -0.2) is 47.1 Å². The average molecular weight is 294 g/mol. The van der Waals surface area contributed by atoms with Crippen LogP contribution < -0.4 is 10.1 Å². The fourth-order valence-electron chi connectivity index (χ4n) is 2.52. The Labute approximate surface area is 123 Å². The normalized spacial score (nSPS) is 17.0. The molecule has 1 aliphatic carbocycles. The molecule has 1 fully saturated rings. The summed E-state index contributed by atoms with van der Waals surface area (Å²) in [6, 6.07) is 1.36. The minimum Gasteiger partial charge on any atom is -0.480 e. The molecule has 1 unspecified atom stereocenters. The van der Waals surface area contributed by atoms with Crippen LogP contribution in [0.1, 0.15) is 25.5 Å². The van der Waals surface area contributed by atoms with Crippen LogP contribution in [0.25, 0.3) is 4.96 Å². The van der Waals surface area contributed by atoms with Crippen molar-refractivity contribution in [2.24, 2.45) is 0 Å². The fraction of sp³-hybridized carbons (Fsp3) is 0.643. The van der Waals surface area contributed by atoms with Gasteiger partial charge in [-0.2, -0.15) is 4.98 Å². The number of imidazole rings is 1. The highest BCUT2D eigenvalue weighted by molar-refractivity contribution is 7.15. The highest BCUT2D eigenvalue weighted by atomic mass is 32.1. The number of thiazole rings is 1. The molecule has 1 atom stereocenters. The lowest BCUT2D eigenvalue weighted by molar-refractivity contribution is 0.240. The molecule has 0 aromatic carbocycles. The van der Waals surface area contributed by atoms with Crippen LogP contribution in [0.5, 0.6) is 5.88 Å². The number of ether oxygens (including phenoxy) is 1. The number of methoxy groups -OCH3 is 1. The molecule has 6 heteroatoms. The Kier molecular flexibility index (Phi) is 3.96. The van der Waals surface area contributed by atoms with Gasteiger partial charge in [-0.05, 0) is 26.8 Å². The molecule has 0 saturated heterocycles. The molecule has 0 aliphatic heterocycles. The molecule has 0 amide bonds. The van der Waals surface area contributed by atoms with E-state index in [1.807, 2.05) is 6.20 Å². The third-order valence-electron chi connectivity index (χ3n) is 4.07. The maximum absolute atomic E-state index is 5.37. The summed E-state index contributed by atoms with van der Waals surface area (Å²) in [5.74, 6) is 0.729. The Hall–Kier alpha value is -1.11. The van der Waals surface area contributed by atoms with Crippen LogP contribution in [0.2, 0.25) is 0 Å². The zero-order valence-corrected chi connectivity index (χ0v) is 13.1. The third-order valence-corrected chi connectivity index (χ3v) is 4.82. The summed E-state index contributed by atoms with van der Waals surface area (Å²) in [5, 5.41) is 5.58. The molecule has 0 spiro atoms. The van der Waals surface area contributed by atoms with Gasteiger partial charge >= 0.3 is 0 Å². The summed E-state index contributed by atoms with van der Waals surface area (Å²) in [6.45, 7) is 4.04. The maximum Gasteiger partial charge on any atom is 0.237 e. The molecule has 2 aromatic heterocycles. The topological polar surface area (TPSA) is 41.8 Å². The van der Waals surface area contributed by atoms with Gasteiger partial charge in [0.15, 0.2) is 4.96 Å². The van der Waals surface area contributed by atoms with Crippen LogP contribution >= 0.6 is 11.3 Å². The Balaban J connectivity index is 1.60. The zero-order chi connectivity index (χ0) is 14.1. The Bertz CT molecular complexity index is 575. The molecule has 5 nitrogen and oxygen atoms in total. The lowest BCUT2D eigenvalue weighted by Crippen LogP contribution is -2.39. The van der Waals surface area contributed by atoms with Gasteiger partial charge in [0.1, 0.15) is 5.69 Å². The predicted octanol–water partition coefficient (Wildman–Crippen LogP) is 1.98. The maximum atomic E-state index is 5.37.